The highest BCUT2D eigenvalue weighted by molar-refractivity contribution is 7.99. The fourth-order valence-electron chi connectivity index (χ4n) is 2.00. The van der Waals surface area contributed by atoms with E-state index in [4.69, 9.17) is 0 Å². The van der Waals surface area contributed by atoms with Gasteiger partial charge in [0.15, 0.2) is 5.69 Å². The van der Waals surface area contributed by atoms with Crippen molar-refractivity contribution in [3.63, 3.8) is 0 Å². The van der Waals surface area contributed by atoms with E-state index in [0.29, 0.717) is 5.69 Å². The summed E-state index contributed by atoms with van der Waals surface area (Å²) >= 11 is 3.53. The van der Waals surface area contributed by atoms with Gasteiger partial charge in [-0.05, 0) is 12.8 Å². The number of aromatic nitrogens is 1. The van der Waals surface area contributed by atoms with E-state index in [-0.39, 0.29) is 5.97 Å². The fourth-order valence-corrected chi connectivity index (χ4v) is 4.13. The van der Waals surface area contributed by atoms with Crippen LogP contribution >= 0.6 is 23.1 Å². The predicted molar refractivity (Wildman–Crippen MR) is 71.6 cm³/mol. The molecule has 0 aliphatic heterocycles. The van der Waals surface area contributed by atoms with E-state index in [2.05, 4.69) is 9.72 Å². The number of ether oxygens (including phenoxy) is 1. The number of rotatable bonds is 4. The van der Waals surface area contributed by atoms with Crippen LogP contribution in [0, 0.1) is 0 Å². The number of carbonyl (C=O) groups is 1. The van der Waals surface area contributed by atoms with Crippen molar-refractivity contribution in [3.8, 4) is 0 Å². The van der Waals surface area contributed by atoms with Crippen LogP contribution in [0.15, 0.2) is 5.38 Å². The molecule has 1 aliphatic rings. The summed E-state index contributed by atoms with van der Waals surface area (Å²) in [4.78, 5) is 15.5. The minimum Gasteiger partial charge on any atom is -0.464 e. The minimum atomic E-state index is -0.338. The van der Waals surface area contributed by atoms with E-state index in [9.17, 15) is 4.79 Å². The minimum absolute atomic E-state index is 0.338. The number of esters is 1. The van der Waals surface area contributed by atoms with Gasteiger partial charge in [-0.1, -0.05) is 19.3 Å². The van der Waals surface area contributed by atoms with Crippen molar-refractivity contribution in [2.45, 2.75) is 43.1 Å². The fraction of sp³-hybridized carbons (Fsp3) is 0.667. The number of thioether (sulfide) groups is 1. The lowest BCUT2D eigenvalue weighted by molar-refractivity contribution is 0.0595. The highest BCUT2D eigenvalue weighted by atomic mass is 32.2. The zero-order valence-electron chi connectivity index (χ0n) is 9.98. The van der Waals surface area contributed by atoms with Crippen LogP contribution in [0.25, 0.3) is 0 Å². The average Bonchev–Trinajstić information content (AvgIpc) is 2.85. The first-order valence-electron chi connectivity index (χ1n) is 5.94. The highest BCUT2D eigenvalue weighted by Gasteiger charge is 2.15. The largest absolute Gasteiger partial charge is 0.464 e. The summed E-state index contributed by atoms with van der Waals surface area (Å²) in [5.41, 5.74) is 0.441. The quantitative estimate of drug-likeness (QED) is 0.786. The smallest absolute Gasteiger partial charge is 0.357 e. The third kappa shape index (κ3) is 3.71. The van der Waals surface area contributed by atoms with Gasteiger partial charge in [0.2, 0.25) is 0 Å². The molecule has 5 heteroatoms. The van der Waals surface area contributed by atoms with E-state index in [0.717, 1.165) is 16.0 Å². The molecule has 0 atom stereocenters. The number of nitrogens with zero attached hydrogens (tertiary/aromatic N) is 1. The maximum atomic E-state index is 11.2. The molecule has 0 amide bonds. The van der Waals surface area contributed by atoms with Crippen LogP contribution in [0.5, 0.6) is 0 Å². The Kier molecular flexibility index (Phi) is 4.86. The molecule has 1 aromatic heterocycles. The Hall–Kier alpha value is -0.550. The summed E-state index contributed by atoms with van der Waals surface area (Å²) in [6.45, 7) is 0. The van der Waals surface area contributed by atoms with Gasteiger partial charge in [0.1, 0.15) is 5.01 Å². The molecule has 3 nitrogen and oxygen atoms in total. The van der Waals surface area contributed by atoms with E-state index in [1.807, 2.05) is 11.8 Å². The van der Waals surface area contributed by atoms with Gasteiger partial charge in [-0.3, -0.25) is 0 Å². The number of carbonyl (C=O) groups excluding carboxylic acids is 1. The molecule has 1 aromatic rings. The van der Waals surface area contributed by atoms with Gasteiger partial charge in [-0.2, -0.15) is 11.8 Å². The summed E-state index contributed by atoms with van der Waals surface area (Å²) in [6, 6.07) is 0. The van der Waals surface area contributed by atoms with E-state index in [1.165, 1.54) is 39.2 Å². The molecule has 1 fully saturated rings. The van der Waals surface area contributed by atoms with E-state index in [1.54, 1.807) is 16.7 Å². The molecule has 1 saturated carbocycles. The molecular formula is C12H17NO2S2. The number of hydrogen-bond donors (Lipinski definition) is 0. The second-order valence-electron chi connectivity index (χ2n) is 4.19. The zero-order valence-corrected chi connectivity index (χ0v) is 11.6. The van der Waals surface area contributed by atoms with Crippen molar-refractivity contribution in [1.82, 2.24) is 4.98 Å². The normalized spacial score (nSPS) is 17.0. The second-order valence-corrected chi connectivity index (χ2v) is 6.42. The van der Waals surface area contributed by atoms with Crippen molar-refractivity contribution in [3.05, 3.63) is 16.1 Å². The monoisotopic (exact) mass is 271 g/mol. The first-order valence-corrected chi connectivity index (χ1v) is 7.87. The van der Waals surface area contributed by atoms with Crippen molar-refractivity contribution < 1.29 is 9.53 Å². The lowest BCUT2D eigenvalue weighted by Gasteiger charge is -2.20. The van der Waals surface area contributed by atoms with Crippen LogP contribution in [0.1, 0.15) is 47.6 Å². The Morgan fingerprint density at radius 2 is 2.29 bits per heavy atom. The van der Waals surface area contributed by atoms with Crippen LogP contribution in [0.4, 0.5) is 0 Å². The van der Waals surface area contributed by atoms with Crippen molar-refractivity contribution in [1.29, 1.82) is 0 Å². The van der Waals surface area contributed by atoms with Crippen molar-refractivity contribution >= 4 is 29.1 Å². The van der Waals surface area contributed by atoms with E-state index < -0.39 is 0 Å². The lowest BCUT2D eigenvalue weighted by Crippen LogP contribution is -2.08. The van der Waals surface area contributed by atoms with Gasteiger partial charge in [-0.15, -0.1) is 11.3 Å². The molecule has 2 rings (SSSR count). The molecule has 0 bridgehead atoms. The van der Waals surface area contributed by atoms with Gasteiger partial charge in [0.05, 0.1) is 7.11 Å². The summed E-state index contributed by atoms with van der Waals surface area (Å²) < 4.78 is 4.64. The summed E-state index contributed by atoms with van der Waals surface area (Å²) in [5, 5.41) is 3.60. The number of methoxy groups -OCH3 is 1. The van der Waals surface area contributed by atoms with Crippen LogP contribution in [0.2, 0.25) is 0 Å². The van der Waals surface area contributed by atoms with Gasteiger partial charge in [0.25, 0.3) is 0 Å². The Balaban J connectivity index is 1.82. The van der Waals surface area contributed by atoms with Gasteiger partial charge >= 0.3 is 5.97 Å². The molecule has 1 aliphatic carbocycles. The molecule has 1 heterocycles. The average molecular weight is 271 g/mol. The van der Waals surface area contributed by atoms with Crippen LogP contribution in [-0.2, 0) is 10.5 Å². The van der Waals surface area contributed by atoms with Crippen LogP contribution < -0.4 is 0 Å². The highest BCUT2D eigenvalue weighted by Crippen LogP contribution is 2.31. The standard InChI is InChI=1S/C12H17NO2S2/c1-15-12(14)10-7-17-11(13-10)8-16-9-5-3-2-4-6-9/h7,9H,2-6,8H2,1H3. The summed E-state index contributed by atoms with van der Waals surface area (Å²) in [7, 11) is 1.39. The number of thiazole rings is 1. The third-order valence-corrected chi connectivity index (χ3v) is 5.36. The molecule has 0 N–H and O–H groups in total. The van der Waals surface area contributed by atoms with Gasteiger partial charge in [0, 0.05) is 16.4 Å². The zero-order chi connectivity index (χ0) is 12.1. The Morgan fingerprint density at radius 1 is 1.53 bits per heavy atom. The van der Waals surface area contributed by atoms with Crippen LogP contribution in [0.3, 0.4) is 0 Å². The molecule has 17 heavy (non-hydrogen) atoms. The Bertz CT molecular complexity index is 372. The van der Waals surface area contributed by atoms with Gasteiger partial charge in [-0.25, -0.2) is 9.78 Å². The summed E-state index contributed by atoms with van der Waals surface area (Å²) in [5.74, 6) is 0.585. The Labute approximate surface area is 110 Å². The topological polar surface area (TPSA) is 39.2 Å². The van der Waals surface area contributed by atoms with Gasteiger partial charge < -0.3 is 4.74 Å². The number of hydrogen-bond acceptors (Lipinski definition) is 5. The Morgan fingerprint density at radius 3 is 3.00 bits per heavy atom. The molecule has 94 valence electrons. The molecule has 0 saturated heterocycles. The third-order valence-electron chi connectivity index (χ3n) is 2.94. The first-order chi connectivity index (χ1) is 8.29. The maximum absolute atomic E-state index is 11.2. The van der Waals surface area contributed by atoms with E-state index >= 15 is 0 Å². The molecule has 0 aromatic carbocycles. The lowest BCUT2D eigenvalue weighted by atomic mass is 10.0. The van der Waals surface area contributed by atoms with Crippen molar-refractivity contribution in [2.75, 3.05) is 7.11 Å². The molecule has 0 spiro atoms. The first kappa shape index (κ1) is 12.9. The van der Waals surface area contributed by atoms with Crippen molar-refractivity contribution in [2.24, 2.45) is 0 Å². The predicted octanol–water partition coefficient (Wildman–Crippen LogP) is 3.50. The second kappa shape index (κ2) is 6.40. The molecular weight excluding hydrogens is 254 g/mol. The molecule has 0 radical (unpaired) electrons. The van der Waals surface area contributed by atoms with Crippen LogP contribution in [-0.4, -0.2) is 23.3 Å². The maximum Gasteiger partial charge on any atom is 0.357 e. The molecule has 0 unspecified atom stereocenters. The summed E-state index contributed by atoms with van der Waals surface area (Å²) in [6.07, 6.45) is 6.78. The SMILES string of the molecule is COC(=O)c1csc(CSC2CCCCC2)n1.